The van der Waals surface area contributed by atoms with E-state index in [0.717, 1.165) is 5.56 Å². The highest BCUT2D eigenvalue weighted by atomic mass is 35.5. The molecule has 1 heterocycles. The van der Waals surface area contributed by atoms with Crippen LogP contribution in [0.5, 0.6) is 5.75 Å². The smallest absolute Gasteiger partial charge is 0.286 e. The number of hydrogen-bond donors (Lipinski definition) is 1. The third kappa shape index (κ3) is 2.41. The van der Waals surface area contributed by atoms with Crippen LogP contribution in [0.2, 0.25) is 5.02 Å². The Labute approximate surface area is 109 Å². The fraction of sp³-hybridized carbons (Fsp3) is 0.0833. The lowest BCUT2D eigenvalue weighted by atomic mass is 10.1. The van der Waals surface area contributed by atoms with Crippen LogP contribution in [0.1, 0.15) is 10.6 Å². The minimum Gasteiger partial charge on any atom is -0.495 e. The van der Waals surface area contributed by atoms with Crippen molar-refractivity contribution in [3.05, 3.63) is 41.3 Å². The summed E-state index contributed by atoms with van der Waals surface area (Å²) >= 11 is 6.02. The first-order chi connectivity index (χ1) is 8.61. The molecule has 0 aliphatic heterocycles. The first kappa shape index (κ1) is 12.3. The molecular formula is C12H10ClN3O2. The largest absolute Gasteiger partial charge is 0.495 e. The number of amides is 1. The summed E-state index contributed by atoms with van der Waals surface area (Å²) in [5, 5.41) is 0.467. The van der Waals surface area contributed by atoms with Crippen LogP contribution in [0, 0.1) is 0 Å². The molecule has 0 fully saturated rings. The lowest BCUT2D eigenvalue weighted by Gasteiger charge is -2.06. The van der Waals surface area contributed by atoms with Crippen molar-refractivity contribution in [2.24, 2.45) is 5.73 Å². The monoisotopic (exact) mass is 263 g/mol. The summed E-state index contributed by atoms with van der Waals surface area (Å²) in [5.41, 5.74) is 6.45. The molecule has 0 saturated carbocycles. The summed E-state index contributed by atoms with van der Waals surface area (Å²) in [5.74, 6) is -0.125. The number of rotatable bonds is 3. The van der Waals surface area contributed by atoms with Crippen LogP contribution in [0.15, 0.2) is 30.5 Å². The van der Waals surface area contributed by atoms with Crippen LogP contribution in [0.25, 0.3) is 11.3 Å². The van der Waals surface area contributed by atoms with Crippen molar-refractivity contribution in [2.75, 3.05) is 7.11 Å². The van der Waals surface area contributed by atoms with Gasteiger partial charge in [-0.15, -0.1) is 0 Å². The van der Waals surface area contributed by atoms with Gasteiger partial charge in [-0.2, -0.15) is 0 Å². The van der Waals surface area contributed by atoms with Crippen molar-refractivity contribution in [3.8, 4) is 17.0 Å². The van der Waals surface area contributed by atoms with E-state index in [9.17, 15) is 4.79 Å². The van der Waals surface area contributed by atoms with Gasteiger partial charge in [0.05, 0.1) is 17.8 Å². The molecule has 92 valence electrons. The number of hydrogen-bond acceptors (Lipinski definition) is 4. The molecule has 1 aromatic carbocycles. The summed E-state index contributed by atoms with van der Waals surface area (Å²) in [6, 6.07) is 6.89. The highest BCUT2D eigenvalue weighted by molar-refractivity contribution is 6.32. The first-order valence-corrected chi connectivity index (χ1v) is 5.46. The number of aromatic nitrogens is 2. The molecule has 18 heavy (non-hydrogen) atoms. The number of methoxy groups -OCH3 is 1. The van der Waals surface area contributed by atoms with E-state index in [4.69, 9.17) is 22.1 Å². The molecule has 0 atom stereocenters. The zero-order chi connectivity index (χ0) is 13.1. The minimum atomic E-state index is -0.670. The zero-order valence-electron chi connectivity index (χ0n) is 9.55. The standard InChI is InChI=1S/C12H10ClN3O2/c1-18-10-3-2-7(6-8(10)13)9-4-5-15-12(16-9)11(14)17/h2-6H,1H3,(H2,14,17). The molecule has 0 aliphatic rings. The summed E-state index contributed by atoms with van der Waals surface area (Å²) < 4.78 is 5.06. The van der Waals surface area contributed by atoms with E-state index in [-0.39, 0.29) is 5.82 Å². The SMILES string of the molecule is COc1ccc(-c2ccnc(C(N)=O)n2)cc1Cl. The van der Waals surface area contributed by atoms with Crippen LogP contribution in [-0.4, -0.2) is 23.0 Å². The molecule has 0 spiro atoms. The molecule has 2 N–H and O–H groups in total. The Balaban J connectivity index is 2.45. The number of ether oxygens (including phenoxy) is 1. The Morgan fingerprint density at radius 3 is 2.78 bits per heavy atom. The van der Waals surface area contributed by atoms with E-state index < -0.39 is 5.91 Å². The summed E-state index contributed by atoms with van der Waals surface area (Å²) in [6.45, 7) is 0. The number of halogens is 1. The molecule has 1 amide bonds. The van der Waals surface area contributed by atoms with Crippen LogP contribution in [0.3, 0.4) is 0 Å². The van der Waals surface area contributed by atoms with Gasteiger partial charge in [0.15, 0.2) is 0 Å². The van der Waals surface area contributed by atoms with Gasteiger partial charge in [0.25, 0.3) is 5.91 Å². The Hall–Kier alpha value is -2.14. The molecule has 5 nitrogen and oxygen atoms in total. The molecule has 6 heteroatoms. The maximum atomic E-state index is 11.0. The van der Waals surface area contributed by atoms with Crippen LogP contribution in [0.4, 0.5) is 0 Å². The van der Waals surface area contributed by atoms with Crippen molar-refractivity contribution in [3.63, 3.8) is 0 Å². The van der Waals surface area contributed by atoms with E-state index in [0.29, 0.717) is 16.5 Å². The van der Waals surface area contributed by atoms with Gasteiger partial charge in [-0.05, 0) is 24.3 Å². The molecule has 0 bridgehead atoms. The molecular weight excluding hydrogens is 254 g/mol. The number of nitrogens with two attached hydrogens (primary N) is 1. The average Bonchev–Trinajstić information content (AvgIpc) is 2.38. The van der Waals surface area contributed by atoms with E-state index in [2.05, 4.69) is 9.97 Å². The van der Waals surface area contributed by atoms with Gasteiger partial charge in [-0.1, -0.05) is 11.6 Å². The zero-order valence-corrected chi connectivity index (χ0v) is 10.3. The Morgan fingerprint density at radius 1 is 1.39 bits per heavy atom. The second kappa shape index (κ2) is 5.01. The van der Waals surface area contributed by atoms with Gasteiger partial charge in [0, 0.05) is 11.8 Å². The number of carbonyl (C=O) groups is 1. The lowest BCUT2D eigenvalue weighted by Crippen LogP contribution is -2.15. The Morgan fingerprint density at radius 2 is 2.17 bits per heavy atom. The topological polar surface area (TPSA) is 78.1 Å². The second-order valence-electron chi connectivity index (χ2n) is 3.48. The highest BCUT2D eigenvalue weighted by Gasteiger charge is 2.08. The van der Waals surface area contributed by atoms with Crippen molar-refractivity contribution >= 4 is 17.5 Å². The Bertz CT molecular complexity index is 602. The molecule has 1 aromatic heterocycles. The Kier molecular flexibility index (Phi) is 3.43. The molecule has 0 radical (unpaired) electrons. The summed E-state index contributed by atoms with van der Waals surface area (Å²) in [7, 11) is 1.54. The fourth-order valence-electron chi connectivity index (χ4n) is 1.46. The highest BCUT2D eigenvalue weighted by Crippen LogP contribution is 2.29. The maximum Gasteiger partial charge on any atom is 0.286 e. The maximum absolute atomic E-state index is 11.0. The molecule has 0 saturated heterocycles. The molecule has 2 rings (SSSR count). The number of carbonyl (C=O) groups excluding carboxylic acids is 1. The van der Waals surface area contributed by atoms with Gasteiger partial charge in [-0.3, -0.25) is 4.79 Å². The second-order valence-corrected chi connectivity index (χ2v) is 3.89. The van der Waals surface area contributed by atoms with Crippen molar-refractivity contribution < 1.29 is 9.53 Å². The van der Waals surface area contributed by atoms with Crippen molar-refractivity contribution in [1.29, 1.82) is 0 Å². The number of nitrogens with zero attached hydrogens (tertiary/aromatic N) is 2. The van der Waals surface area contributed by atoms with Crippen LogP contribution in [-0.2, 0) is 0 Å². The number of primary amides is 1. The summed E-state index contributed by atoms with van der Waals surface area (Å²) in [4.78, 5) is 18.8. The normalized spacial score (nSPS) is 10.1. The minimum absolute atomic E-state index is 0.0283. The first-order valence-electron chi connectivity index (χ1n) is 5.08. The third-order valence-corrected chi connectivity index (χ3v) is 2.62. The third-order valence-electron chi connectivity index (χ3n) is 2.32. The molecule has 0 aliphatic carbocycles. The van der Waals surface area contributed by atoms with E-state index in [1.807, 2.05) is 0 Å². The van der Waals surface area contributed by atoms with Gasteiger partial charge in [-0.25, -0.2) is 9.97 Å². The van der Waals surface area contributed by atoms with Gasteiger partial charge < -0.3 is 10.5 Å². The van der Waals surface area contributed by atoms with Crippen LogP contribution >= 0.6 is 11.6 Å². The quantitative estimate of drug-likeness (QED) is 0.917. The summed E-state index contributed by atoms with van der Waals surface area (Å²) in [6.07, 6.45) is 1.47. The predicted molar refractivity (Wildman–Crippen MR) is 67.5 cm³/mol. The van der Waals surface area contributed by atoms with Gasteiger partial charge in [0.1, 0.15) is 5.75 Å². The predicted octanol–water partition coefficient (Wildman–Crippen LogP) is 1.90. The van der Waals surface area contributed by atoms with Gasteiger partial charge >= 0.3 is 0 Å². The van der Waals surface area contributed by atoms with E-state index in [1.54, 1.807) is 24.3 Å². The average molecular weight is 264 g/mol. The number of benzene rings is 1. The fourth-order valence-corrected chi connectivity index (χ4v) is 1.72. The molecule has 2 aromatic rings. The van der Waals surface area contributed by atoms with Crippen LogP contribution < -0.4 is 10.5 Å². The van der Waals surface area contributed by atoms with Crippen molar-refractivity contribution in [1.82, 2.24) is 9.97 Å². The van der Waals surface area contributed by atoms with E-state index in [1.165, 1.54) is 13.3 Å². The van der Waals surface area contributed by atoms with Gasteiger partial charge in [0.2, 0.25) is 5.82 Å². The van der Waals surface area contributed by atoms with Crippen molar-refractivity contribution in [2.45, 2.75) is 0 Å². The molecule has 0 unspecified atom stereocenters. The van der Waals surface area contributed by atoms with E-state index >= 15 is 0 Å². The lowest BCUT2D eigenvalue weighted by molar-refractivity contribution is 0.0990.